The Morgan fingerprint density at radius 1 is 0.771 bits per heavy atom. The molecule has 0 saturated heterocycles. The van der Waals surface area contributed by atoms with E-state index in [1.54, 1.807) is 36.5 Å². The third-order valence-electron chi connectivity index (χ3n) is 5.00. The average Bonchev–Trinajstić information content (AvgIpc) is 2.88. The van der Waals surface area contributed by atoms with Crippen molar-refractivity contribution in [3.8, 4) is 11.5 Å². The van der Waals surface area contributed by atoms with Crippen molar-refractivity contribution in [2.45, 2.75) is 13.2 Å². The Morgan fingerprint density at radius 3 is 2.09 bits per heavy atom. The topological polar surface area (TPSA) is 59.9 Å². The molecule has 0 fully saturated rings. The average molecular weight is 505 g/mol. The molecular formula is C28H22Cl2N2O3. The van der Waals surface area contributed by atoms with Crippen LogP contribution in [0.15, 0.2) is 102 Å². The summed E-state index contributed by atoms with van der Waals surface area (Å²) in [6.07, 6.45) is 1.56. The van der Waals surface area contributed by atoms with Gasteiger partial charge in [0.25, 0.3) is 5.91 Å². The molecule has 0 saturated carbocycles. The zero-order valence-electron chi connectivity index (χ0n) is 18.7. The number of benzene rings is 4. The summed E-state index contributed by atoms with van der Waals surface area (Å²) in [4.78, 5) is 12.7. The number of rotatable bonds is 9. The Kier molecular flexibility index (Phi) is 8.39. The monoisotopic (exact) mass is 504 g/mol. The van der Waals surface area contributed by atoms with Gasteiger partial charge in [-0.05, 0) is 65.2 Å². The van der Waals surface area contributed by atoms with E-state index in [1.165, 1.54) is 0 Å². The molecule has 0 heterocycles. The first kappa shape index (κ1) is 24.3. The summed E-state index contributed by atoms with van der Waals surface area (Å²) < 4.78 is 11.7. The highest BCUT2D eigenvalue weighted by molar-refractivity contribution is 6.30. The maximum absolute atomic E-state index is 12.7. The van der Waals surface area contributed by atoms with Crippen LogP contribution < -0.4 is 14.9 Å². The minimum absolute atomic E-state index is 0.313. The van der Waals surface area contributed by atoms with Crippen LogP contribution in [0.25, 0.3) is 0 Å². The van der Waals surface area contributed by atoms with Crippen molar-refractivity contribution in [2.75, 3.05) is 0 Å². The molecule has 4 aromatic carbocycles. The number of hydrazone groups is 1. The number of nitrogens with zero attached hydrogens (tertiary/aromatic N) is 1. The van der Waals surface area contributed by atoms with Gasteiger partial charge in [0.15, 0.2) is 0 Å². The summed E-state index contributed by atoms with van der Waals surface area (Å²) in [6.45, 7) is 0.731. The first-order valence-corrected chi connectivity index (χ1v) is 11.6. The second kappa shape index (κ2) is 12.1. The van der Waals surface area contributed by atoms with E-state index in [1.807, 2.05) is 66.7 Å². The number of halogens is 2. The lowest BCUT2D eigenvalue weighted by Crippen LogP contribution is -2.18. The van der Waals surface area contributed by atoms with Crippen LogP contribution in [0.5, 0.6) is 11.5 Å². The largest absolute Gasteiger partial charge is 0.489 e. The summed E-state index contributed by atoms with van der Waals surface area (Å²) in [5.41, 5.74) is 5.68. The molecule has 35 heavy (non-hydrogen) atoms. The first-order chi connectivity index (χ1) is 17.1. The lowest BCUT2D eigenvalue weighted by Gasteiger charge is -2.10. The molecule has 0 unspecified atom stereocenters. The zero-order valence-corrected chi connectivity index (χ0v) is 20.2. The van der Waals surface area contributed by atoms with E-state index in [0.29, 0.717) is 40.3 Å². The number of carbonyl (C=O) groups excluding carboxylic acids is 1. The molecule has 0 radical (unpaired) electrons. The van der Waals surface area contributed by atoms with E-state index in [2.05, 4.69) is 10.5 Å². The number of hydrogen-bond acceptors (Lipinski definition) is 4. The fraction of sp³-hybridized carbons (Fsp3) is 0.0714. The van der Waals surface area contributed by atoms with E-state index in [4.69, 9.17) is 32.7 Å². The second-order valence-corrected chi connectivity index (χ2v) is 8.47. The Morgan fingerprint density at radius 2 is 1.40 bits per heavy atom. The lowest BCUT2D eigenvalue weighted by atomic mass is 10.2. The van der Waals surface area contributed by atoms with Crippen LogP contribution in [-0.4, -0.2) is 12.1 Å². The molecule has 1 N–H and O–H groups in total. The van der Waals surface area contributed by atoms with Gasteiger partial charge in [0.1, 0.15) is 24.7 Å². The highest BCUT2D eigenvalue weighted by Gasteiger charge is 2.11. The Bertz CT molecular complexity index is 1310. The molecule has 0 aliphatic rings. The quantitative estimate of drug-likeness (QED) is 0.199. The lowest BCUT2D eigenvalue weighted by molar-refractivity contribution is 0.0950. The van der Waals surface area contributed by atoms with Gasteiger partial charge in [-0.1, -0.05) is 71.7 Å². The first-order valence-electron chi connectivity index (χ1n) is 10.8. The van der Waals surface area contributed by atoms with Crippen molar-refractivity contribution >= 4 is 35.3 Å². The van der Waals surface area contributed by atoms with Gasteiger partial charge < -0.3 is 9.47 Å². The van der Waals surface area contributed by atoms with Gasteiger partial charge >= 0.3 is 0 Å². The number of carbonyl (C=O) groups is 1. The molecule has 0 aliphatic carbocycles. The molecule has 0 aromatic heterocycles. The van der Waals surface area contributed by atoms with Crippen LogP contribution in [-0.2, 0) is 13.2 Å². The van der Waals surface area contributed by atoms with E-state index < -0.39 is 0 Å². The van der Waals surface area contributed by atoms with Crippen molar-refractivity contribution in [1.82, 2.24) is 5.43 Å². The number of amides is 1. The maximum Gasteiger partial charge on any atom is 0.275 e. The van der Waals surface area contributed by atoms with E-state index >= 15 is 0 Å². The van der Waals surface area contributed by atoms with E-state index in [-0.39, 0.29) is 5.91 Å². The van der Waals surface area contributed by atoms with Crippen molar-refractivity contribution in [2.24, 2.45) is 5.10 Å². The molecule has 7 heteroatoms. The highest BCUT2D eigenvalue weighted by atomic mass is 35.5. The third-order valence-corrected chi connectivity index (χ3v) is 5.50. The molecule has 0 spiro atoms. The number of para-hydroxylation sites is 1. The second-order valence-electron chi connectivity index (χ2n) is 7.60. The molecule has 0 atom stereocenters. The molecule has 4 aromatic rings. The predicted molar refractivity (Wildman–Crippen MR) is 140 cm³/mol. The molecule has 4 rings (SSSR count). The van der Waals surface area contributed by atoms with Crippen molar-refractivity contribution in [3.05, 3.63) is 129 Å². The van der Waals surface area contributed by atoms with Crippen molar-refractivity contribution < 1.29 is 14.3 Å². The van der Waals surface area contributed by atoms with Gasteiger partial charge in [-0.15, -0.1) is 0 Å². The van der Waals surface area contributed by atoms with Crippen LogP contribution >= 0.6 is 23.2 Å². The highest BCUT2D eigenvalue weighted by Crippen LogP contribution is 2.20. The summed E-state index contributed by atoms with van der Waals surface area (Å²) >= 11 is 11.8. The summed E-state index contributed by atoms with van der Waals surface area (Å²) in [5.74, 6) is 0.784. The molecule has 1 amide bonds. The van der Waals surface area contributed by atoms with Gasteiger partial charge in [-0.3, -0.25) is 4.79 Å². The van der Waals surface area contributed by atoms with Crippen molar-refractivity contribution in [1.29, 1.82) is 0 Å². The third kappa shape index (κ3) is 7.34. The van der Waals surface area contributed by atoms with E-state index in [0.717, 1.165) is 16.7 Å². The molecule has 5 nitrogen and oxygen atoms in total. The summed E-state index contributed by atoms with van der Waals surface area (Å²) in [6, 6.07) is 29.3. The standard InChI is InChI=1S/C28H22Cl2N2O3/c29-23-12-8-20(9-13-23)18-34-25-5-3-4-22(16-25)17-31-32-28(33)26-6-1-2-7-27(26)35-19-21-10-14-24(30)15-11-21/h1-17H,18-19H2,(H,32,33)/b31-17+. The van der Waals surface area contributed by atoms with Gasteiger partial charge in [0, 0.05) is 10.0 Å². The van der Waals surface area contributed by atoms with Crippen molar-refractivity contribution in [3.63, 3.8) is 0 Å². The minimum Gasteiger partial charge on any atom is -0.489 e. The van der Waals surface area contributed by atoms with E-state index in [9.17, 15) is 4.79 Å². The fourth-order valence-electron chi connectivity index (χ4n) is 3.18. The smallest absolute Gasteiger partial charge is 0.275 e. The van der Waals surface area contributed by atoms with Crippen LogP contribution in [0.1, 0.15) is 27.0 Å². The van der Waals surface area contributed by atoms with Crippen LogP contribution in [0.2, 0.25) is 10.0 Å². The molecular weight excluding hydrogens is 483 g/mol. The Balaban J connectivity index is 1.34. The molecule has 0 aliphatic heterocycles. The molecule has 176 valence electrons. The van der Waals surface area contributed by atoms with Crippen LogP contribution in [0.4, 0.5) is 0 Å². The number of hydrogen-bond donors (Lipinski definition) is 1. The van der Waals surface area contributed by atoms with Gasteiger partial charge in [-0.2, -0.15) is 5.10 Å². The summed E-state index contributed by atoms with van der Waals surface area (Å²) in [7, 11) is 0. The fourth-order valence-corrected chi connectivity index (χ4v) is 3.43. The minimum atomic E-state index is -0.372. The Hall–Kier alpha value is -3.80. The number of ether oxygens (including phenoxy) is 2. The maximum atomic E-state index is 12.7. The number of nitrogens with one attached hydrogen (secondary N) is 1. The van der Waals surface area contributed by atoms with Gasteiger partial charge in [0.2, 0.25) is 0 Å². The SMILES string of the molecule is O=C(N/N=C/c1cccc(OCc2ccc(Cl)cc2)c1)c1ccccc1OCc1ccc(Cl)cc1. The molecule has 0 bridgehead atoms. The van der Waals surface area contributed by atoms with Gasteiger partial charge in [0.05, 0.1) is 11.8 Å². The van der Waals surface area contributed by atoms with Crippen LogP contribution in [0, 0.1) is 0 Å². The Labute approximate surface area is 213 Å². The predicted octanol–water partition coefficient (Wildman–Crippen LogP) is 6.92. The summed E-state index contributed by atoms with van der Waals surface area (Å²) in [5, 5.41) is 5.43. The van der Waals surface area contributed by atoms with Crippen LogP contribution in [0.3, 0.4) is 0 Å². The van der Waals surface area contributed by atoms with Gasteiger partial charge in [-0.25, -0.2) is 5.43 Å². The normalized spacial score (nSPS) is 10.8. The zero-order chi connectivity index (χ0) is 24.5.